The lowest BCUT2D eigenvalue weighted by Crippen LogP contribution is -2.43. The van der Waals surface area contributed by atoms with Gasteiger partial charge in [0.2, 0.25) is 0 Å². The molecule has 1 atom stereocenters. The lowest BCUT2D eigenvalue weighted by molar-refractivity contribution is 0.0904. The van der Waals surface area contributed by atoms with E-state index in [1.54, 1.807) is 0 Å². The maximum atomic E-state index is 5.50. The summed E-state index contributed by atoms with van der Waals surface area (Å²) in [5.41, 5.74) is 1.23. The number of anilines is 2. The predicted octanol–water partition coefficient (Wildman–Crippen LogP) is 1.90. The minimum absolute atomic E-state index is 0.419. The summed E-state index contributed by atoms with van der Waals surface area (Å²) in [7, 11) is 0. The van der Waals surface area contributed by atoms with Crippen molar-refractivity contribution in [3.8, 4) is 0 Å². The Hall–Kier alpha value is -1.33. The molecule has 3 heterocycles. The quantitative estimate of drug-likeness (QED) is 0.914. The molecule has 3 rings (SSSR count). The zero-order valence-electron chi connectivity index (χ0n) is 12.0. The molecular weight excluding hydrogens is 254 g/mol. The first-order chi connectivity index (χ1) is 9.83. The van der Waals surface area contributed by atoms with E-state index in [-0.39, 0.29) is 0 Å². The van der Waals surface area contributed by atoms with Crippen LogP contribution in [0.5, 0.6) is 0 Å². The minimum atomic E-state index is 0.419. The maximum absolute atomic E-state index is 5.50. The standard InChI is InChI=1S/C15H23N3O2/c1-12-11-20-9-6-18(12)14-2-5-16-15(10-14)17-13-3-7-19-8-4-13/h2,5,10,12-13H,3-4,6-9,11H2,1H3,(H,16,17)/t12-/m0/s1. The highest BCUT2D eigenvalue weighted by Crippen LogP contribution is 2.23. The summed E-state index contributed by atoms with van der Waals surface area (Å²) in [4.78, 5) is 6.83. The number of pyridine rings is 1. The highest BCUT2D eigenvalue weighted by molar-refractivity contribution is 5.55. The molecule has 5 nitrogen and oxygen atoms in total. The van der Waals surface area contributed by atoms with E-state index in [1.165, 1.54) is 5.69 Å². The number of nitrogens with one attached hydrogen (secondary N) is 1. The predicted molar refractivity (Wildman–Crippen MR) is 79.3 cm³/mol. The van der Waals surface area contributed by atoms with Crippen molar-refractivity contribution in [2.75, 3.05) is 43.2 Å². The van der Waals surface area contributed by atoms with Gasteiger partial charge in [0.05, 0.1) is 13.2 Å². The van der Waals surface area contributed by atoms with Gasteiger partial charge in [-0.15, -0.1) is 0 Å². The van der Waals surface area contributed by atoms with E-state index in [2.05, 4.69) is 34.3 Å². The van der Waals surface area contributed by atoms with E-state index in [0.29, 0.717) is 12.1 Å². The van der Waals surface area contributed by atoms with E-state index in [0.717, 1.165) is 51.6 Å². The van der Waals surface area contributed by atoms with Gasteiger partial charge in [0, 0.05) is 49.8 Å². The highest BCUT2D eigenvalue weighted by Gasteiger charge is 2.20. The Morgan fingerprint density at radius 1 is 1.25 bits per heavy atom. The monoisotopic (exact) mass is 277 g/mol. The lowest BCUT2D eigenvalue weighted by atomic mass is 10.1. The topological polar surface area (TPSA) is 46.6 Å². The Morgan fingerprint density at radius 3 is 2.90 bits per heavy atom. The van der Waals surface area contributed by atoms with Crippen LogP contribution in [-0.2, 0) is 9.47 Å². The average molecular weight is 277 g/mol. The average Bonchev–Trinajstić information content (AvgIpc) is 2.49. The zero-order valence-corrected chi connectivity index (χ0v) is 12.0. The van der Waals surface area contributed by atoms with Crippen molar-refractivity contribution in [1.82, 2.24) is 4.98 Å². The van der Waals surface area contributed by atoms with Gasteiger partial charge in [0.1, 0.15) is 5.82 Å². The molecule has 0 aromatic carbocycles. The summed E-state index contributed by atoms with van der Waals surface area (Å²) in [6, 6.07) is 5.13. The number of hydrogen-bond donors (Lipinski definition) is 1. The van der Waals surface area contributed by atoms with Crippen LogP contribution in [0.1, 0.15) is 19.8 Å². The van der Waals surface area contributed by atoms with Gasteiger partial charge in [-0.1, -0.05) is 0 Å². The molecule has 2 aliphatic rings. The number of nitrogens with zero attached hydrogens (tertiary/aromatic N) is 2. The molecule has 1 aromatic rings. The molecule has 0 radical (unpaired) electrons. The third kappa shape index (κ3) is 3.22. The minimum Gasteiger partial charge on any atom is -0.381 e. The first-order valence-electron chi connectivity index (χ1n) is 7.47. The zero-order chi connectivity index (χ0) is 13.8. The fraction of sp³-hybridized carbons (Fsp3) is 0.667. The van der Waals surface area contributed by atoms with Crippen LogP contribution in [0.25, 0.3) is 0 Å². The molecule has 1 N–H and O–H groups in total. The maximum Gasteiger partial charge on any atom is 0.128 e. The fourth-order valence-corrected chi connectivity index (χ4v) is 2.84. The van der Waals surface area contributed by atoms with Gasteiger partial charge in [-0.05, 0) is 25.8 Å². The number of hydrogen-bond acceptors (Lipinski definition) is 5. The summed E-state index contributed by atoms with van der Waals surface area (Å²) < 4.78 is 10.9. The second-order valence-corrected chi connectivity index (χ2v) is 5.55. The molecule has 0 aliphatic carbocycles. The van der Waals surface area contributed by atoms with Crippen LogP contribution in [0.15, 0.2) is 18.3 Å². The van der Waals surface area contributed by atoms with Crippen LogP contribution in [0.3, 0.4) is 0 Å². The molecule has 110 valence electrons. The third-order valence-corrected chi connectivity index (χ3v) is 4.02. The number of rotatable bonds is 3. The van der Waals surface area contributed by atoms with Gasteiger partial charge in [-0.2, -0.15) is 0 Å². The van der Waals surface area contributed by atoms with Crippen LogP contribution in [0, 0.1) is 0 Å². The van der Waals surface area contributed by atoms with Crippen LogP contribution in [-0.4, -0.2) is 50.0 Å². The van der Waals surface area contributed by atoms with E-state index in [9.17, 15) is 0 Å². The fourth-order valence-electron chi connectivity index (χ4n) is 2.84. The van der Waals surface area contributed by atoms with Gasteiger partial charge in [-0.3, -0.25) is 0 Å². The summed E-state index contributed by atoms with van der Waals surface area (Å²) in [5, 5.41) is 3.53. The third-order valence-electron chi connectivity index (χ3n) is 4.02. The Kier molecular flexibility index (Phi) is 4.38. The highest BCUT2D eigenvalue weighted by atomic mass is 16.5. The molecule has 2 saturated heterocycles. The summed E-state index contributed by atoms with van der Waals surface area (Å²) in [6.07, 6.45) is 4.00. The van der Waals surface area contributed by atoms with Crippen molar-refractivity contribution in [3.63, 3.8) is 0 Å². The van der Waals surface area contributed by atoms with E-state index >= 15 is 0 Å². The Balaban J connectivity index is 1.68. The van der Waals surface area contributed by atoms with Gasteiger partial charge in [0.15, 0.2) is 0 Å². The van der Waals surface area contributed by atoms with E-state index in [4.69, 9.17) is 9.47 Å². The SMILES string of the molecule is C[C@H]1COCCN1c1ccnc(NC2CCOCC2)c1. The molecule has 0 saturated carbocycles. The molecule has 1 aromatic heterocycles. The molecule has 20 heavy (non-hydrogen) atoms. The van der Waals surface area contributed by atoms with Crippen molar-refractivity contribution < 1.29 is 9.47 Å². The smallest absolute Gasteiger partial charge is 0.128 e. The number of morpholine rings is 1. The molecular formula is C15H23N3O2. The normalized spacial score (nSPS) is 24.6. The van der Waals surface area contributed by atoms with Gasteiger partial charge in [0.25, 0.3) is 0 Å². The largest absolute Gasteiger partial charge is 0.381 e. The van der Waals surface area contributed by atoms with Crippen LogP contribution >= 0.6 is 0 Å². The van der Waals surface area contributed by atoms with Crippen LogP contribution < -0.4 is 10.2 Å². The van der Waals surface area contributed by atoms with Crippen LogP contribution in [0.4, 0.5) is 11.5 Å². The number of aromatic nitrogens is 1. The van der Waals surface area contributed by atoms with Crippen LogP contribution in [0.2, 0.25) is 0 Å². The first-order valence-corrected chi connectivity index (χ1v) is 7.47. The number of ether oxygens (including phenoxy) is 2. The van der Waals surface area contributed by atoms with Crippen molar-refractivity contribution in [2.45, 2.75) is 31.8 Å². The molecule has 0 bridgehead atoms. The second kappa shape index (κ2) is 6.41. The molecule has 0 unspecified atom stereocenters. The molecule has 5 heteroatoms. The summed E-state index contributed by atoms with van der Waals surface area (Å²) in [6.45, 7) is 6.43. The Morgan fingerprint density at radius 2 is 2.10 bits per heavy atom. The van der Waals surface area contributed by atoms with Crippen molar-refractivity contribution in [1.29, 1.82) is 0 Å². The first kappa shape index (κ1) is 13.6. The van der Waals surface area contributed by atoms with Gasteiger partial charge >= 0.3 is 0 Å². The van der Waals surface area contributed by atoms with E-state index in [1.807, 2.05) is 6.20 Å². The second-order valence-electron chi connectivity index (χ2n) is 5.55. The Bertz CT molecular complexity index is 435. The van der Waals surface area contributed by atoms with Crippen molar-refractivity contribution in [3.05, 3.63) is 18.3 Å². The van der Waals surface area contributed by atoms with Crippen molar-refractivity contribution in [2.24, 2.45) is 0 Å². The van der Waals surface area contributed by atoms with Gasteiger partial charge in [-0.25, -0.2) is 4.98 Å². The van der Waals surface area contributed by atoms with Gasteiger partial charge < -0.3 is 19.7 Å². The molecule has 2 fully saturated rings. The van der Waals surface area contributed by atoms with Crippen molar-refractivity contribution >= 4 is 11.5 Å². The lowest BCUT2D eigenvalue weighted by Gasteiger charge is -2.35. The Labute approximate surface area is 120 Å². The summed E-state index contributed by atoms with van der Waals surface area (Å²) in [5.74, 6) is 0.966. The molecule has 0 spiro atoms. The molecule has 2 aliphatic heterocycles. The summed E-state index contributed by atoms with van der Waals surface area (Å²) >= 11 is 0. The van der Waals surface area contributed by atoms with E-state index < -0.39 is 0 Å². The molecule has 0 amide bonds.